The van der Waals surface area contributed by atoms with E-state index in [4.69, 9.17) is 4.74 Å². The molecule has 0 aliphatic heterocycles. The van der Waals surface area contributed by atoms with Crippen LogP contribution in [0.2, 0.25) is 0 Å². The lowest BCUT2D eigenvalue weighted by Gasteiger charge is -2.37. The van der Waals surface area contributed by atoms with E-state index in [9.17, 15) is 5.11 Å². The molecule has 1 rings (SSSR count). The third-order valence-electron chi connectivity index (χ3n) is 4.24. The number of ether oxygens (including phenoxy) is 1. The summed E-state index contributed by atoms with van der Waals surface area (Å²) in [5.41, 5.74) is 0.542. The first-order chi connectivity index (χ1) is 9.41. The van der Waals surface area contributed by atoms with Crippen molar-refractivity contribution in [2.75, 3.05) is 46.5 Å². The fourth-order valence-electron chi connectivity index (χ4n) is 3.07. The molecule has 0 heterocycles. The molecule has 1 aliphatic rings. The molecule has 0 unspecified atom stereocenters. The van der Waals surface area contributed by atoms with Gasteiger partial charge in [-0.2, -0.15) is 0 Å². The van der Waals surface area contributed by atoms with Crippen molar-refractivity contribution < 1.29 is 9.84 Å². The molecule has 0 aromatic carbocycles. The van der Waals surface area contributed by atoms with Gasteiger partial charge in [0, 0.05) is 38.8 Å². The molecule has 20 heavy (non-hydrogen) atoms. The van der Waals surface area contributed by atoms with Gasteiger partial charge in [-0.15, -0.1) is 0 Å². The van der Waals surface area contributed by atoms with Crippen molar-refractivity contribution in [1.29, 1.82) is 0 Å². The summed E-state index contributed by atoms with van der Waals surface area (Å²) in [5, 5.41) is 12.9. The molecule has 0 aromatic rings. The molecule has 0 amide bonds. The van der Waals surface area contributed by atoms with Crippen LogP contribution in [0, 0.1) is 5.41 Å². The molecule has 1 fully saturated rings. The zero-order valence-electron chi connectivity index (χ0n) is 13.9. The van der Waals surface area contributed by atoms with Crippen LogP contribution in [0.5, 0.6) is 0 Å². The fraction of sp³-hybridized carbons (Fsp3) is 1.00. The van der Waals surface area contributed by atoms with Gasteiger partial charge in [0.1, 0.15) is 0 Å². The normalized spacial score (nSPS) is 18.9. The Hall–Kier alpha value is -0.160. The molecule has 0 radical (unpaired) electrons. The summed E-state index contributed by atoms with van der Waals surface area (Å²) >= 11 is 0. The number of hydrogen-bond acceptors (Lipinski definition) is 4. The van der Waals surface area contributed by atoms with Gasteiger partial charge in [-0.3, -0.25) is 4.90 Å². The van der Waals surface area contributed by atoms with E-state index in [-0.39, 0.29) is 12.1 Å². The topological polar surface area (TPSA) is 44.7 Å². The first-order valence-electron chi connectivity index (χ1n) is 7.98. The second kappa shape index (κ2) is 8.32. The summed E-state index contributed by atoms with van der Waals surface area (Å²) in [6, 6.07) is 0. The van der Waals surface area contributed by atoms with Gasteiger partial charge in [0.15, 0.2) is 0 Å². The largest absolute Gasteiger partial charge is 0.395 e. The van der Waals surface area contributed by atoms with Crippen LogP contribution in [-0.2, 0) is 4.74 Å². The maximum absolute atomic E-state index is 9.25. The second-order valence-electron chi connectivity index (χ2n) is 7.30. The lowest BCUT2D eigenvalue weighted by Crippen LogP contribution is -2.48. The van der Waals surface area contributed by atoms with Crippen LogP contribution in [0.3, 0.4) is 0 Å². The van der Waals surface area contributed by atoms with Gasteiger partial charge in [-0.1, -0.05) is 12.8 Å². The molecule has 4 heteroatoms. The van der Waals surface area contributed by atoms with Gasteiger partial charge in [0.2, 0.25) is 0 Å². The van der Waals surface area contributed by atoms with E-state index >= 15 is 0 Å². The molecular formula is C16H34N2O2. The average Bonchev–Trinajstić information content (AvgIpc) is 2.82. The summed E-state index contributed by atoms with van der Waals surface area (Å²) in [4.78, 5) is 2.36. The number of nitrogens with zero attached hydrogens (tertiary/aromatic N) is 1. The lowest BCUT2D eigenvalue weighted by atomic mass is 9.84. The van der Waals surface area contributed by atoms with E-state index in [1.807, 2.05) is 0 Å². The van der Waals surface area contributed by atoms with Crippen molar-refractivity contribution in [1.82, 2.24) is 10.2 Å². The van der Waals surface area contributed by atoms with E-state index in [1.165, 1.54) is 25.7 Å². The van der Waals surface area contributed by atoms with Crippen molar-refractivity contribution in [3.05, 3.63) is 0 Å². The maximum Gasteiger partial charge on any atom is 0.0589 e. The summed E-state index contributed by atoms with van der Waals surface area (Å²) in [6.07, 6.45) is 5.27. The van der Waals surface area contributed by atoms with Crippen molar-refractivity contribution in [3.63, 3.8) is 0 Å². The highest BCUT2D eigenvalue weighted by Crippen LogP contribution is 2.38. The summed E-state index contributed by atoms with van der Waals surface area (Å²) < 4.78 is 5.19. The SMILES string of the molecule is COCCN(CCO)CC1(CNC(C)(C)C)CCCC1. The zero-order valence-corrected chi connectivity index (χ0v) is 13.9. The summed E-state index contributed by atoms with van der Waals surface area (Å²) in [6.45, 7) is 11.5. The predicted octanol–water partition coefficient (Wildman–Crippen LogP) is 1.88. The fourth-order valence-corrected chi connectivity index (χ4v) is 3.07. The smallest absolute Gasteiger partial charge is 0.0589 e. The van der Waals surface area contributed by atoms with Crippen LogP contribution in [-0.4, -0.2) is 62.0 Å². The number of aliphatic hydroxyl groups excluding tert-OH is 1. The van der Waals surface area contributed by atoms with E-state index in [1.54, 1.807) is 7.11 Å². The number of hydrogen-bond donors (Lipinski definition) is 2. The van der Waals surface area contributed by atoms with Gasteiger partial charge < -0.3 is 15.2 Å². The van der Waals surface area contributed by atoms with E-state index in [0.717, 1.165) is 32.8 Å². The van der Waals surface area contributed by atoms with E-state index in [2.05, 4.69) is 31.0 Å². The Morgan fingerprint density at radius 1 is 1.20 bits per heavy atom. The summed E-state index contributed by atoms with van der Waals surface area (Å²) in [7, 11) is 1.74. The van der Waals surface area contributed by atoms with Crippen molar-refractivity contribution in [2.45, 2.75) is 52.0 Å². The highest BCUT2D eigenvalue weighted by Gasteiger charge is 2.36. The highest BCUT2D eigenvalue weighted by atomic mass is 16.5. The predicted molar refractivity (Wildman–Crippen MR) is 84.1 cm³/mol. The standard InChI is InChI=1S/C16H34N2O2/c1-15(2,3)17-13-16(7-5-6-8-16)14-18(9-11-19)10-12-20-4/h17,19H,5-14H2,1-4H3. The van der Waals surface area contributed by atoms with E-state index < -0.39 is 0 Å². The number of aliphatic hydroxyl groups is 1. The Balaban J connectivity index is 2.58. The van der Waals surface area contributed by atoms with Crippen LogP contribution in [0.15, 0.2) is 0 Å². The van der Waals surface area contributed by atoms with Crippen LogP contribution in [0.1, 0.15) is 46.5 Å². The first kappa shape index (κ1) is 17.9. The molecule has 4 nitrogen and oxygen atoms in total. The number of rotatable bonds is 9. The molecule has 120 valence electrons. The Labute approximate surface area is 124 Å². The van der Waals surface area contributed by atoms with Gasteiger partial charge >= 0.3 is 0 Å². The molecular weight excluding hydrogens is 252 g/mol. The Morgan fingerprint density at radius 3 is 2.35 bits per heavy atom. The minimum absolute atomic E-state index is 0.171. The van der Waals surface area contributed by atoms with Crippen LogP contribution < -0.4 is 5.32 Å². The third-order valence-corrected chi connectivity index (χ3v) is 4.24. The molecule has 1 aliphatic carbocycles. The quantitative estimate of drug-likeness (QED) is 0.679. The monoisotopic (exact) mass is 286 g/mol. The highest BCUT2D eigenvalue weighted by molar-refractivity contribution is 4.91. The third kappa shape index (κ3) is 6.53. The van der Waals surface area contributed by atoms with Crippen LogP contribution in [0.25, 0.3) is 0 Å². The van der Waals surface area contributed by atoms with Crippen molar-refractivity contribution in [3.8, 4) is 0 Å². The van der Waals surface area contributed by atoms with Crippen molar-refractivity contribution >= 4 is 0 Å². The van der Waals surface area contributed by atoms with Gasteiger partial charge in [0.05, 0.1) is 13.2 Å². The Bertz CT molecular complexity index is 258. The van der Waals surface area contributed by atoms with Crippen LogP contribution >= 0.6 is 0 Å². The molecule has 0 saturated heterocycles. The minimum atomic E-state index is 0.171. The van der Waals surface area contributed by atoms with Crippen LogP contribution in [0.4, 0.5) is 0 Å². The molecule has 1 saturated carbocycles. The lowest BCUT2D eigenvalue weighted by molar-refractivity contribution is 0.0874. The number of nitrogens with one attached hydrogen (secondary N) is 1. The second-order valence-corrected chi connectivity index (χ2v) is 7.30. The zero-order chi connectivity index (χ0) is 15.1. The molecule has 0 spiro atoms. The summed E-state index contributed by atoms with van der Waals surface area (Å²) in [5.74, 6) is 0. The number of methoxy groups -OCH3 is 1. The molecule has 0 aromatic heterocycles. The van der Waals surface area contributed by atoms with E-state index in [0.29, 0.717) is 5.41 Å². The van der Waals surface area contributed by atoms with Crippen molar-refractivity contribution in [2.24, 2.45) is 5.41 Å². The van der Waals surface area contributed by atoms with Gasteiger partial charge in [0.25, 0.3) is 0 Å². The average molecular weight is 286 g/mol. The minimum Gasteiger partial charge on any atom is -0.395 e. The first-order valence-corrected chi connectivity index (χ1v) is 7.98. The van der Waals surface area contributed by atoms with Gasteiger partial charge in [-0.25, -0.2) is 0 Å². The molecule has 0 atom stereocenters. The Kier molecular flexibility index (Phi) is 7.45. The maximum atomic E-state index is 9.25. The van der Waals surface area contributed by atoms with Gasteiger partial charge in [-0.05, 0) is 39.0 Å². The Morgan fingerprint density at radius 2 is 1.85 bits per heavy atom. The molecule has 0 bridgehead atoms. The molecule has 2 N–H and O–H groups in total.